The topological polar surface area (TPSA) is 58.2 Å². The zero-order valence-electron chi connectivity index (χ0n) is 12.2. The summed E-state index contributed by atoms with van der Waals surface area (Å²) in [6, 6.07) is 6.22. The molecule has 0 spiro atoms. The van der Waals surface area contributed by atoms with E-state index in [0.717, 1.165) is 12.8 Å². The lowest BCUT2D eigenvalue weighted by molar-refractivity contribution is -0.129. The molecule has 0 heterocycles. The first kappa shape index (κ1) is 15.5. The van der Waals surface area contributed by atoms with Crippen LogP contribution in [0.25, 0.3) is 0 Å². The normalized spacial score (nSPS) is 16.5. The van der Waals surface area contributed by atoms with Crippen molar-refractivity contribution < 1.29 is 14.0 Å². The van der Waals surface area contributed by atoms with E-state index in [-0.39, 0.29) is 24.2 Å². The highest BCUT2D eigenvalue weighted by Crippen LogP contribution is 2.41. The molecule has 1 fully saturated rings. The van der Waals surface area contributed by atoms with Crippen molar-refractivity contribution in [2.75, 3.05) is 13.1 Å². The summed E-state index contributed by atoms with van der Waals surface area (Å²) in [6.45, 7) is 2.32. The first-order valence-corrected chi connectivity index (χ1v) is 7.39. The van der Waals surface area contributed by atoms with E-state index in [9.17, 15) is 14.0 Å². The number of rotatable bonds is 5. The monoisotopic (exact) mass is 292 g/mol. The van der Waals surface area contributed by atoms with Crippen LogP contribution >= 0.6 is 0 Å². The van der Waals surface area contributed by atoms with Gasteiger partial charge in [-0.2, -0.15) is 0 Å². The Morgan fingerprint density at radius 1 is 1.24 bits per heavy atom. The molecule has 2 rings (SSSR count). The third kappa shape index (κ3) is 3.40. The summed E-state index contributed by atoms with van der Waals surface area (Å²) in [6.07, 6.45) is 3.26. The minimum absolute atomic E-state index is 0.0380. The first-order valence-electron chi connectivity index (χ1n) is 7.39. The second-order valence-electron chi connectivity index (χ2n) is 5.44. The van der Waals surface area contributed by atoms with Gasteiger partial charge in [0.1, 0.15) is 5.82 Å². The number of nitrogens with one attached hydrogen (secondary N) is 2. The fourth-order valence-electron chi connectivity index (χ4n) is 3.00. The molecule has 5 heteroatoms. The Hall–Kier alpha value is -1.91. The van der Waals surface area contributed by atoms with Crippen molar-refractivity contribution in [2.45, 2.75) is 38.0 Å². The minimum atomic E-state index is -0.700. The van der Waals surface area contributed by atoms with Crippen molar-refractivity contribution in [1.29, 1.82) is 0 Å². The van der Waals surface area contributed by atoms with Gasteiger partial charge in [-0.25, -0.2) is 4.39 Å². The summed E-state index contributed by atoms with van der Waals surface area (Å²) in [7, 11) is 0. The molecule has 1 aliphatic rings. The highest BCUT2D eigenvalue weighted by atomic mass is 19.1. The number of hydrogen-bond acceptors (Lipinski definition) is 2. The molecule has 0 aliphatic heterocycles. The van der Waals surface area contributed by atoms with Gasteiger partial charge in [-0.15, -0.1) is 0 Å². The molecule has 0 aromatic heterocycles. The smallest absolute Gasteiger partial charge is 0.239 e. The van der Waals surface area contributed by atoms with Gasteiger partial charge in [0.05, 0.1) is 12.0 Å². The minimum Gasteiger partial charge on any atom is -0.355 e. The van der Waals surface area contributed by atoms with Crippen LogP contribution in [0.2, 0.25) is 0 Å². The van der Waals surface area contributed by atoms with E-state index < -0.39 is 5.41 Å². The van der Waals surface area contributed by atoms with Crippen molar-refractivity contribution in [3.63, 3.8) is 0 Å². The largest absolute Gasteiger partial charge is 0.355 e. The lowest BCUT2D eigenvalue weighted by Gasteiger charge is -2.28. The number of likely N-dealkylation sites (N-methyl/N-ethyl adjacent to an activating group) is 1. The highest BCUT2D eigenvalue weighted by Gasteiger charge is 2.42. The van der Waals surface area contributed by atoms with Crippen molar-refractivity contribution in [3.8, 4) is 0 Å². The van der Waals surface area contributed by atoms with Crippen LogP contribution in [0.4, 0.5) is 4.39 Å². The van der Waals surface area contributed by atoms with Crippen LogP contribution in [0.5, 0.6) is 0 Å². The Kier molecular flexibility index (Phi) is 4.94. The summed E-state index contributed by atoms with van der Waals surface area (Å²) in [5.74, 6) is -0.731. The molecule has 1 aliphatic carbocycles. The lowest BCUT2D eigenvalue weighted by Crippen LogP contribution is -2.46. The Balaban J connectivity index is 2.14. The third-order valence-corrected chi connectivity index (χ3v) is 4.05. The van der Waals surface area contributed by atoms with Crippen LogP contribution in [-0.2, 0) is 15.0 Å². The van der Waals surface area contributed by atoms with Crippen LogP contribution in [0.15, 0.2) is 24.3 Å². The Morgan fingerprint density at radius 2 is 1.95 bits per heavy atom. The molecular weight excluding hydrogens is 271 g/mol. The Labute approximate surface area is 124 Å². The van der Waals surface area contributed by atoms with E-state index in [4.69, 9.17) is 0 Å². The van der Waals surface area contributed by atoms with Gasteiger partial charge in [-0.1, -0.05) is 25.0 Å². The van der Waals surface area contributed by atoms with Crippen molar-refractivity contribution in [2.24, 2.45) is 0 Å². The van der Waals surface area contributed by atoms with Gasteiger partial charge in [0, 0.05) is 6.54 Å². The number of carbonyl (C=O) groups excluding carboxylic acids is 2. The van der Waals surface area contributed by atoms with Gasteiger partial charge < -0.3 is 10.6 Å². The molecule has 1 aromatic carbocycles. The zero-order chi connectivity index (χ0) is 15.3. The molecule has 4 nitrogen and oxygen atoms in total. The molecule has 114 valence electrons. The molecule has 2 amide bonds. The summed E-state index contributed by atoms with van der Waals surface area (Å²) in [4.78, 5) is 24.0. The van der Waals surface area contributed by atoms with Gasteiger partial charge in [0.15, 0.2) is 0 Å². The standard InChI is InChI=1S/C16H21FN2O2/c1-2-18-14(20)11-19-15(21)16(8-3-4-9-16)12-6-5-7-13(17)10-12/h5-7,10H,2-4,8-9,11H2,1H3,(H,18,20)(H,19,21). The van der Waals surface area contributed by atoms with E-state index in [2.05, 4.69) is 10.6 Å². The Morgan fingerprint density at radius 3 is 2.57 bits per heavy atom. The number of carbonyl (C=O) groups is 2. The molecule has 0 bridgehead atoms. The molecule has 0 saturated heterocycles. The quantitative estimate of drug-likeness (QED) is 0.870. The second kappa shape index (κ2) is 6.70. The molecule has 0 radical (unpaired) electrons. The summed E-state index contributed by atoms with van der Waals surface area (Å²) in [5.41, 5.74) is 0.00242. The maximum Gasteiger partial charge on any atom is 0.239 e. The van der Waals surface area contributed by atoms with E-state index in [1.807, 2.05) is 6.92 Å². The zero-order valence-corrected chi connectivity index (χ0v) is 12.2. The average molecular weight is 292 g/mol. The SMILES string of the molecule is CCNC(=O)CNC(=O)C1(c2cccc(F)c2)CCCC1. The van der Waals surface area contributed by atoms with Gasteiger partial charge in [-0.3, -0.25) is 9.59 Å². The number of halogens is 1. The number of hydrogen-bond donors (Lipinski definition) is 2. The van der Waals surface area contributed by atoms with Crippen LogP contribution in [0, 0.1) is 5.82 Å². The molecule has 1 saturated carbocycles. The lowest BCUT2D eigenvalue weighted by atomic mass is 9.78. The summed E-state index contributed by atoms with van der Waals surface area (Å²) < 4.78 is 13.5. The van der Waals surface area contributed by atoms with Crippen molar-refractivity contribution in [3.05, 3.63) is 35.6 Å². The van der Waals surface area contributed by atoms with Crippen LogP contribution < -0.4 is 10.6 Å². The number of amides is 2. The maximum atomic E-state index is 13.5. The average Bonchev–Trinajstić information content (AvgIpc) is 2.96. The summed E-state index contributed by atoms with van der Waals surface area (Å²) >= 11 is 0. The molecule has 2 N–H and O–H groups in total. The molecular formula is C16H21FN2O2. The maximum absolute atomic E-state index is 13.5. The molecule has 1 aromatic rings. The molecule has 21 heavy (non-hydrogen) atoms. The Bertz CT molecular complexity index is 525. The fourth-order valence-corrected chi connectivity index (χ4v) is 3.00. The predicted molar refractivity (Wildman–Crippen MR) is 78.2 cm³/mol. The van der Waals surface area contributed by atoms with Gasteiger partial charge in [-0.05, 0) is 37.5 Å². The molecule has 0 atom stereocenters. The fraction of sp³-hybridized carbons (Fsp3) is 0.500. The van der Waals surface area contributed by atoms with E-state index in [1.165, 1.54) is 12.1 Å². The van der Waals surface area contributed by atoms with E-state index in [1.54, 1.807) is 12.1 Å². The van der Waals surface area contributed by atoms with Gasteiger partial charge >= 0.3 is 0 Å². The van der Waals surface area contributed by atoms with E-state index in [0.29, 0.717) is 24.9 Å². The highest BCUT2D eigenvalue weighted by molar-refractivity contribution is 5.91. The van der Waals surface area contributed by atoms with Gasteiger partial charge in [0.25, 0.3) is 0 Å². The van der Waals surface area contributed by atoms with Crippen LogP contribution in [-0.4, -0.2) is 24.9 Å². The predicted octanol–water partition coefficient (Wildman–Crippen LogP) is 1.89. The van der Waals surface area contributed by atoms with E-state index >= 15 is 0 Å². The molecule has 0 unspecified atom stereocenters. The number of benzene rings is 1. The van der Waals surface area contributed by atoms with Crippen molar-refractivity contribution >= 4 is 11.8 Å². The summed E-state index contributed by atoms with van der Waals surface area (Å²) in [5, 5.41) is 5.33. The van der Waals surface area contributed by atoms with Crippen LogP contribution in [0.1, 0.15) is 38.2 Å². The first-order chi connectivity index (χ1) is 10.1. The second-order valence-corrected chi connectivity index (χ2v) is 5.44. The van der Waals surface area contributed by atoms with Crippen molar-refractivity contribution in [1.82, 2.24) is 10.6 Å². The van der Waals surface area contributed by atoms with Gasteiger partial charge in [0.2, 0.25) is 11.8 Å². The van der Waals surface area contributed by atoms with Crippen LogP contribution in [0.3, 0.4) is 0 Å². The third-order valence-electron chi connectivity index (χ3n) is 4.05.